The molecule has 0 bridgehead atoms. The van der Waals surface area contributed by atoms with Crippen molar-refractivity contribution in [2.24, 2.45) is 0 Å². The lowest BCUT2D eigenvalue weighted by Gasteiger charge is -2.31. The highest BCUT2D eigenvalue weighted by atomic mass is 32.2. The van der Waals surface area contributed by atoms with Crippen LogP contribution < -0.4 is 0 Å². The average molecular weight is 406 g/mol. The smallest absolute Gasteiger partial charge is 0.268 e. The van der Waals surface area contributed by atoms with Crippen LogP contribution in [0.1, 0.15) is 51.9 Å². The molecule has 7 nitrogen and oxygen atoms in total. The largest absolute Gasteiger partial charge is 0.280 e. The highest BCUT2D eigenvalue weighted by molar-refractivity contribution is 7.91. The molecule has 27 heavy (non-hydrogen) atoms. The van der Waals surface area contributed by atoms with Gasteiger partial charge in [-0.1, -0.05) is 6.42 Å². The molecule has 1 fully saturated rings. The molecule has 2 aliphatic rings. The summed E-state index contributed by atoms with van der Waals surface area (Å²) in [5.74, 6) is -0.844. The Morgan fingerprint density at radius 2 is 2.00 bits per heavy atom. The van der Waals surface area contributed by atoms with Crippen molar-refractivity contribution in [3.05, 3.63) is 46.6 Å². The lowest BCUT2D eigenvalue weighted by Crippen LogP contribution is -2.41. The number of piperidine rings is 1. The van der Waals surface area contributed by atoms with Gasteiger partial charge in [-0.3, -0.25) is 19.5 Å². The fraction of sp³-hybridized carbons (Fsp3) is 0.389. The van der Waals surface area contributed by atoms with Crippen LogP contribution in [0.2, 0.25) is 0 Å². The van der Waals surface area contributed by atoms with Gasteiger partial charge in [0.15, 0.2) is 0 Å². The average Bonchev–Trinajstić information content (AvgIpc) is 3.23. The van der Waals surface area contributed by atoms with Crippen LogP contribution in [-0.4, -0.2) is 47.0 Å². The maximum Gasteiger partial charge on any atom is 0.280 e. The first kappa shape index (κ1) is 18.3. The van der Waals surface area contributed by atoms with Gasteiger partial charge in [0.25, 0.3) is 21.8 Å². The van der Waals surface area contributed by atoms with E-state index in [2.05, 4.69) is 4.98 Å². The summed E-state index contributed by atoms with van der Waals surface area (Å²) in [7, 11) is -3.55. The SMILES string of the molecule is C[C@H]1CCCCN1S(=O)(=O)c1ccc(CN2C(=O)c3cccnc3C2=O)s1. The zero-order valence-corrected chi connectivity index (χ0v) is 16.4. The number of carbonyl (C=O) groups excluding carboxylic acids is 2. The van der Waals surface area contributed by atoms with Gasteiger partial charge in [0.05, 0.1) is 12.1 Å². The number of nitrogens with zero attached hydrogens (tertiary/aromatic N) is 3. The van der Waals surface area contributed by atoms with E-state index in [4.69, 9.17) is 0 Å². The molecule has 0 unspecified atom stereocenters. The summed E-state index contributed by atoms with van der Waals surface area (Å²) in [6, 6.07) is 6.40. The monoisotopic (exact) mass is 405 g/mol. The van der Waals surface area contributed by atoms with Gasteiger partial charge in [0, 0.05) is 23.7 Å². The first-order chi connectivity index (χ1) is 12.9. The van der Waals surface area contributed by atoms with Crippen molar-refractivity contribution in [1.82, 2.24) is 14.2 Å². The summed E-state index contributed by atoms with van der Waals surface area (Å²) in [5, 5.41) is 0. The summed E-state index contributed by atoms with van der Waals surface area (Å²) in [6.07, 6.45) is 4.24. The van der Waals surface area contributed by atoms with Gasteiger partial charge >= 0.3 is 0 Å². The van der Waals surface area contributed by atoms with Crippen molar-refractivity contribution in [3.8, 4) is 0 Å². The molecule has 2 aromatic rings. The Hall–Kier alpha value is -2.10. The number of sulfonamides is 1. The molecule has 2 amide bonds. The van der Waals surface area contributed by atoms with Crippen molar-refractivity contribution >= 4 is 33.2 Å². The minimum Gasteiger partial charge on any atom is -0.268 e. The topological polar surface area (TPSA) is 87.7 Å². The molecular formula is C18H19N3O4S2. The lowest BCUT2D eigenvalue weighted by molar-refractivity contribution is 0.0642. The summed E-state index contributed by atoms with van der Waals surface area (Å²) in [6.45, 7) is 2.50. The molecule has 4 rings (SSSR count). The molecule has 0 spiro atoms. The molecule has 0 radical (unpaired) electrons. The standard InChI is InChI=1S/C18H19N3O4S2/c1-12-5-2-3-10-21(12)27(24,25)15-8-7-13(26-15)11-20-17(22)14-6-4-9-19-16(14)18(20)23/h4,6-9,12H,2-3,5,10-11H2,1H3/t12-/m0/s1. The highest BCUT2D eigenvalue weighted by Gasteiger charge is 2.37. The van der Waals surface area contributed by atoms with Crippen LogP contribution in [0.15, 0.2) is 34.7 Å². The van der Waals surface area contributed by atoms with Gasteiger partial charge in [-0.25, -0.2) is 8.42 Å². The minimum atomic E-state index is -3.55. The van der Waals surface area contributed by atoms with Crippen LogP contribution in [0.5, 0.6) is 0 Å². The predicted octanol–water partition coefficient (Wildman–Crippen LogP) is 2.50. The van der Waals surface area contributed by atoms with Gasteiger partial charge in [0.1, 0.15) is 9.90 Å². The second-order valence-electron chi connectivity index (χ2n) is 6.78. The molecule has 2 aliphatic heterocycles. The van der Waals surface area contributed by atoms with E-state index >= 15 is 0 Å². The Kier molecular flexibility index (Phi) is 4.61. The molecule has 2 aromatic heterocycles. The van der Waals surface area contributed by atoms with Crippen LogP contribution >= 0.6 is 11.3 Å². The summed E-state index contributed by atoms with van der Waals surface area (Å²) >= 11 is 1.11. The molecule has 1 saturated heterocycles. The Labute approximate surface area is 161 Å². The molecule has 9 heteroatoms. The number of fused-ring (bicyclic) bond motifs is 1. The van der Waals surface area contributed by atoms with E-state index in [1.165, 1.54) is 6.20 Å². The van der Waals surface area contributed by atoms with Crippen molar-refractivity contribution < 1.29 is 18.0 Å². The number of imide groups is 1. The van der Waals surface area contributed by atoms with Crippen molar-refractivity contribution in [3.63, 3.8) is 0 Å². The van der Waals surface area contributed by atoms with Gasteiger partial charge in [-0.2, -0.15) is 4.31 Å². The molecule has 142 valence electrons. The number of amides is 2. The number of hydrogen-bond acceptors (Lipinski definition) is 6. The van der Waals surface area contributed by atoms with Gasteiger partial charge in [-0.15, -0.1) is 11.3 Å². The van der Waals surface area contributed by atoms with Crippen LogP contribution in [-0.2, 0) is 16.6 Å². The molecular weight excluding hydrogens is 386 g/mol. The number of thiophene rings is 1. The maximum absolute atomic E-state index is 12.9. The van der Waals surface area contributed by atoms with E-state index in [9.17, 15) is 18.0 Å². The van der Waals surface area contributed by atoms with E-state index in [-0.39, 0.29) is 28.1 Å². The van der Waals surface area contributed by atoms with Crippen molar-refractivity contribution in [2.75, 3.05) is 6.54 Å². The minimum absolute atomic E-state index is 0.0170. The Balaban J connectivity index is 1.56. The first-order valence-electron chi connectivity index (χ1n) is 8.81. The number of pyridine rings is 1. The number of rotatable bonds is 4. The van der Waals surface area contributed by atoms with Gasteiger partial charge in [0.2, 0.25) is 0 Å². The summed E-state index contributed by atoms with van der Waals surface area (Å²) in [5.41, 5.74) is 0.433. The highest BCUT2D eigenvalue weighted by Crippen LogP contribution is 2.31. The van der Waals surface area contributed by atoms with E-state index in [0.29, 0.717) is 11.4 Å². The third-order valence-corrected chi connectivity index (χ3v) is 8.54. The van der Waals surface area contributed by atoms with E-state index in [1.807, 2.05) is 6.92 Å². The Morgan fingerprint density at radius 3 is 2.74 bits per heavy atom. The van der Waals surface area contributed by atoms with Crippen molar-refractivity contribution in [2.45, 2.75) is 43.0 Å². The fourth-order valence-corrected chi connectivity index (χ4v) is 6.71. The van der Waals surface area contributed by atoms with Crippen LogP contribution in [0, 0.1) is 0 Å². The van der Waals surface area contributed by atoms with Crippen LogP contribution in [0.3, 0.4) is 0 Å². The van der Waals surface area contributed by atoms with Crippen LogP contribution in [0.25, 0.3) is 0 Å². The second kappa shape index (κ2) is 6.81. The molecule has 0 saturated carbocycles. The first-order valence-corrected chi connectivity index (χ1v) is 11.1. The van der Waals surface area contributed by atoms with E-state index in [1.54, 1.807) is 28.6 Å². The Bertz CT molecular complexity index is 980. The Morgan fingerprint density at radius 1 is 1.19 bits per heavy atom. The summed E-state index contributed by atoms with van der Waals surface area (Å²) in [4.78, 5) is 30.6. The number of aromatic nitrogens is 1. The second-order valence-corrected chi connectivity index (χ2v) is 10.1. The quantitative estimate of drug-likeness (QED) is 0.730. The van der Waals surface area contributed by atoms with E-state index < -0.39 is 21.8 Å². The fourth-order valence-electron chi connectivity index (χ4n) is 3.54. The summed E-state index contributed by atoms with van der Waals surface area (Å²) < 4.78 is 27.7. The molecule has 0 aromatic carbocycles. The number of carbonyl (C=O) groups is 2. The normalized spacial score (nSPS) is 20.9. The zero-order valence-electron chi connectivity index (χ0n) is 14.8. The zero-order chi connectivity index (χ0) is 19.2. The third-order valence-electron chi connectivity index (χ3n) is 4.99. The predicted molar refractivity (Wildman–Crippen MR) is 100.0 cm³/mol. The third kappa shape index (κ3) is 3.09. The lowest BCUT2D eigenvalue weighted by atomic mass is 10.1. The van der Waals surface area contributed by atoms with Gasteiger partial charge in [-0.05, 0) is 44.0 Å². The number of hydrogen-bond donors (Lipinski definition) is 0. The molecule has 1 atom stereocenters. The van der Waals surface area contributed by atoms with Crippen LogP contribution in [0.4, 0.5) is 0 Å². The molecule has 0 N–H and O–H groups in total. The maximum atomic E-state index is 12.9. The molecule has 0 aliphatic carbocycles. The van der Waals surface area contributed by atoms with Crippen molar-refractivity contribution in [1.29, 1.82) is 0 Å². The van der Waals surface area contributed by atoms with Gasteiger partial charge < -0.3 is 0 Å². The van der Waals surface area contributed by atoms with E-state index in [0.717, 1.165) is 35.5 Å². The molecule has 4 heterocycles.